The van der Waals surface area contributed by atoms with E-state index < -0.39 is 0 Å². The van der Waals surface area contributed by atoms with Gasteiger partial charge in [0.15, 0.2) is 0 Å². The van der Waals surface area contributed by atoms with E-state index in [0.717, 1.165) is 17.1 Å². The zero-order chi connectivity index (χ0) is 14.0. The van der Waals surface area contributed by atoms with Gasteiger partial charge in [0.25, 0.3) is 0 Å². The van der Waals surface area contributed by atoms with E-state index in [4.69, 9.17) is 11.6 Å². The second-order valence-corrected chi connectivity index (χ2v) is 6.04. The van der Waals surface area contributed by atoms with Crippen LogP contribution in [0.15, 0.2) is 6.20 Å². The fourth-order valence-electron chi connectivity index (χ4n) is 3.33. The minimum Gasteiger partial charge on any atom is -0.310 e. The van der Waals surface area contributed by atoms with Gasteiger partial charge < -0.3 is 5.32 Å². The summed E-state index contributed by atoms with van der Waals surface area (Å²) in [6.07, 6.45) is 5.41. The minimum absolute atomic E-state index is 0.0721. The molecule has 1 aromatic heterocycles. The van der Waals surface area contributed by atoms with Crippen molar-refractivity contribution in [3.8, 4) is 0 Å². The lowest BCUT2D eigenvalue weighted by atomic mass is 9.85. The number of halogens is 1. The van der Waals surface area contributed by atoms with Crippen molar-refractivity contribution in [3.63, 3.8) is 0 Å². The molecule has 1 fully saturated rings. The number of hydrogen-bond donors (Lipinski definition) is 1. The second-order valence-electron chi connectivity index (χ2n) is 5.63. The average Bonchev–Trinajstić information content (AvgIpc) is 3.04. The van der Waals surface area contributed by atoms with Crippen LogP contribution in [0.5, 0.6) is 0 Å². The van der Waals surface area contributed by atoms with Crippen molar-refractivity contribution in [2.24, 2.45) is 7.05 Å². The number of rotatable bonds is 5. The highest BCUT2D eigenvalue weighted by Gasteiger charge is 2.41. The summed E-state index contributed by atoms with van der Waals surface area (Å²) in [5.74, 6) is 0. The molecular formula is C14H25ClN4. The third-order valence-corrected chi connectivity index (χ3v) is 4.96. The molecule has 1 aromatic rings. The van der Waals surface area contributed by atoms with Crippen molar-refractivity contribution >= 4 is 11.6 Å². The number of hydrogen-bond acceptors (Lipinski definition) is 3. The molecule has 0 aliphatic carbocycles. The van der Waals surface area contributed by atoms with Crippen LogP contribution >= 0.6 is 11.6 Å². The molecule has 0 radical (unpaired) electrons. The van der Waals surface area contributed by atoms with Gasteiger partial charge >= 0.3 is 0 Å². The standard InChI is InChI=1S/C14H25ClN4/c1-5-14(2,19-8-6-7-9-19)13(16-3)12-11(15)10-17-18(12)4/h10,13,16H,5-9H2,1-4H3. The summed E-state index contributed by atoms with van der Waals surface area (Å²) in [4.78, 5) is 2.59. The summed E-state index contributed by atoms with van der Waals surface area (Å²) < 4.78 is 1.90. The van der Waals surface area contributed by atoms with Gasteiger partial charge in [0, 0.05) is 12.6 Å². The first-order chi connectivity index (χ1) is 9.04. The maximum absolute atomic E-state index is 6.35. The number of aromatic nitrogens is 2. The van der Waals surface area contributed by atoms with Gasteiger partial charge in [-0.2, -0.15) is 5.10 Å². The first-order valence-electron chi connectivity index (χ1n) is 7.14. The number of aryl methyl sites for hydroxylation is 1. The van der Waals surface area contributed by atoms with Crippen molar-refractivity contribution < 1.29 is 0 Å². The van der Waals surface area contributed by atoms with Crippen LogP contribution in [-0.4, -0.2) is 40.4 Å². The smallest absolute Gasteiger partial charge is 0.0834 e. The molecule has 5 heteroatoms. The highest BCUT2D eigenvalue weighted by Crippen LogP contribution is 2.38. The fraction of sp³-hybridized carbons (Fsp3) is 0.786. The van der Waals surface area contributed by atoms with Crippen molar-refractivity contribution in [2.75, 3.05) is 20.1 Å². The number of likely N-dealkylation sites (N-methyl/N-ethyl adjacent to an activating group) is 1. The third-order valence-electron chi connectivity index (χ3n) is 4.67. The Morgan fingerprint density at radius 1 is 1.47 bits per heavy atom. The average molecular weight is 285 g/mol. The molecular weight excluding hydrogens is 260 g/mol. The van der Waals surface area contributed by atoms with Crippen LogP contribution in [0.1, 0.15) is 44.8 Å². The van der Waals surface area contributed by atoms with Crippen molar-refractivity contribution in [1.82, 2.24) is 20.0 Å². The summed E-state index contributed by atoms with van der Waals surface area (Å²) in [7, 11) is 3.98. The molecule has 1 aliphatic rings. The van der Waals surface area contributed by atoms with Gasteiger partial charge in [-0.25, -0.2) is 0 Å². The summed E-state index contributed by atoms with van der Waals surface area (Å²) in [5.41, 5.74) is 1.16. The highest BCUT2D eigenvalue weighted by molar-refractivity contribution is 6.31. The number of nitrogens with zero attached hydrogens (tertiary/aromatic N) is 3. The van der Waals surface area contributed by atoms with Crippen LogP contribution in [0, 0.1) is 0 Å². The minimum atomic E-state index is 0.0721. The molecule has 19 heavy (non-hydrogen) atoms. The Kier molecular flexibility index (Phi) is 4.54. The van der Waals surface area contributed by atoms with E-state index in [1.807, 2.05) is 18.8 Å². The summed E-state index contributed by atoms with van der Waals surface area (Å²) >= 11 is 6.35. The lowest BCUT2D eigenvalue weighted by Gasteiger charge is -2.44. The molecule has 0 spiro atoms. The van der Waals surface area contributed by atoms with Crippen molar-refractivity contribution in [3.05, 3.63) is 16.9 Å². The lowest BCUT2D eigenvalue weighted by molar-refractivity contribution is 0.0840. The van der Waals surface area contributed by atoms with Gasteiger partial charge in [-0.1, -0.05) is 18.5 Å². The molecule has 2 atom stereocenters. The SMILES string of the molecule is CCC(C)(C(NC)c1c(Cl)cnn1C)N1CCCC1. The van der Waals surface area contributed by atoms with E-state index in [2.05, 4.69) is 29.2 Å². The predicted octanol–water partition coefficient (Wildman–Crippen LogP) is 2.60. The molecule has 4 nitrogen and oxygen atoms in total. The number of likely N-dealkylation sites (tertiary alicyclic amines) is 1. The van der Waals surface area contributed by atoms with Gasteiger partial charge in [-0.05, 0) is 46.3 Å². The quantitative estimate of drug-likeness (QED) is 0.902. The molecule has 1 saturated heterocycles. The molecule has 2 unspecified atom stereocenters. The topological polar surface area (TPSA) is 33.1 Å². The summed E-state index contributed by atoms with van der Waals surface area (Å²) in [5, 5.41) is 8.50. The van der Waals surface area contributed by atoms with E-state index in [1.54, 1.807) is 6.20 Å². The van der Waals surface area contributed by atoms with Crippen molar-refractivity contribution in [2.45, 2.75) is 44.7 Å². The van der Waals surface area contributed by atoms with E-state index in [9.17, 15) is 0 Å². The first kappa shape index (κ1) is 14.8. The Bertz CT molecular complexity index is 406. The van der Waals surface area contributed by atoms with Crippen LogP contribution in [0.2, 0.25) is 5.02 Å². The summed E-state index contributed by atoms with van der Waals surface area (Å²) in [6.45, 7) is 6.95. The van der Waals surface area contributed by atoms with Crippen LogP contribution in [0.25, 0.3) is 0 Å². The number of nitrogens with one attached hydrogen (secondary N) is 1. The predicted molar refractivity (Wildman–Crippen MR) is 79.5 cm³/mol. The summed E-state index contributed by atoms with van der Waals surface area (Å²) in [6, 6.07) is 0.190. The first-order valence-corrected chi connectivity index (χ1v) is 7.52. The third kappa shape index (κ3) is 2.54. The van der Waals surface area contributed by atoms with Gasteiger partial charge in [0.1, 0.15) is 0 Å². The van der Waals surface area contributed by atoms with Crippen LogP contribution in [-0.2, 0) is 7.05 Å². The molecule has 1 aliphatic heterocycles. The molecule has 0 saturated carbocycles. The Hall–Kier alpha value is -0.580. The fourth-order valence-corrected chi connectivity index (χ4v) is 3.60. The normalized spacial score (nSPS) is 21.5. The van der Waals surface area contributed by atoms with Crippen LogP contribution in [0.3, 0.4) is 0 Å². The van der Waals surface area contributed by atoms with E-state index in [0.29, 0.717) is 0 Å². The van der Waals surface area contributed by atoms with Gasteiger partial charge in [-0.3, -0.25) is 9.58 Å². The van der Waals surface area contributed by atoms with Crippen LogP contribution < -0.4 is 5.32 Å². The van der Waals surface area contributed by atoms with E-state index in [-0.39, 0.29) is 11.6 Å². The molecule has 0 bridgehead atoms. The molecule has 2 heterocycles. The lowest BCUT2D eigenvalue weighted by Crippen LogP contribution is -2.53. The highest BCUT2D eigenvalue weighted by atomic mass is 35.5. The van der Waals surface area contributed by atoms with Gasteiger partial charge in [0.05, 0.1) is 23.0 Å². The monoisotopic (exact) mass is 284 g/mol. The van der Waals surface area contributed by atoms with Crippen molar-refractivity contribution in [1.29, 1.82) is 0 Å². The van der Waals surface area contributed by atoms with E-state index in [1.165, 1.54) is 25.9 Å². The molecule has 2 rings (SSSR count). The molecule has 0 amide bonds. The zero-order valence-electron chi connectivity index (χ0n) is 12.4. The molecule has 1 N–H and O–H groups in total. The molecule has 108 valence electrons. The van der Waals surface area contributed by atoms with Gasteiger partial charge in [0.2, 0.25) is 0 Å². The largest absolute Gasteiger partial charge is 0.310 e. The van der Waals surface area contributed by atoms with Gasteiger partial charge in [-0.15, -0.1) is 0 Å². The Labute approximate surface area is 121 Å². The van der Waals surface area contributed by atoms with Crippen LogP contribution in [0.4, 0.5) is 0 Å². The second kappa shape index (κ2) is 5.81. The van der Waals surface area contributed by atoms with E-state index >= 15 is 0 Å². The Morgan fingerprint density at radius 2 is 2.11 bits per heavy atom. The maximum Gasteiger partial charge on any atom is 0.0834 e. The Morgan fingerprint density at radius 3 is 2.53 bits per heavy atom. The molecule has 0 aromatic carbocycles. The Balaban J connectivity index is 2.38. The maximum atomic E-state index is 6.35. The zero-order valence-corrected chi connectivity index (χ0v) is 13.2.